The molecular weight excluding hydrogens is 258 g/mol. The minimum Gasteiger partial charge on any atom is -0.480 e. The van der Waals surface area contributed by atoms with E-state index in [-0.39, 0.29) is 5.92 Å². The van der Waals surface area contributed by atoms with Crippen molar-refractivity contribution in [2.24, 2.45) is 5.92 Å². The minimum atomic E-state index is -1.03. The lowest BCUT2D eigenvalue weighted by Crippen LogP contribution is -2.44. The number of para-hydroxylation sites is 1. The van der Waals surface area contributed by atoms with Crippen LogP contribution in [0.3, 0.4) is 0 Å². The summed E-state index contributed by atoms with van der Waals surface area (Å²) in [6.07, 6.45) is 2.03. The maximum absolute atomic E-state index is 12.2. The molecule has 0 spiro atoms. The van der Waals surface area contributed by atoms with E-state index in [4.69, 9.17) is 4.42 Å². The molecule has 0 fully saturated rings. The van der Waals surface area contributed by atoms with E-state index in [1.54, 1.807) is 25.1 Å². The molecule has 0 radical (unpaired) electrons. The molecule has 2 N–H and O–H groups in total. The van der Waals surface area contributed by atoms with Gasteiger partial charge in [-0.2, -0.15) is 0 Å². The third kappa shape index (κ3) is 2.66. The largest absolute Gasteiger partial charge is 0.480 e. The summed E-state index contributed by atoms with van der Waals surface area (Å²) in [5.74, 6) is -1.60. The second kappa shape index (κ2) is 5.77. The van der Waals surface area contributed by atoms with Gasteiger partial charge in [0.25, 0.3) is 5.91 Å². The molecule has 1 heterocycles. The standard InChI is InChI=1S/C15H17NO4/c1-3-9(2)13(15(18)19)16-14(17)11-8-20-12-7-5-4-6-10(11)12/h4-9,13H,3H2,1-2H3,(H,16,17)(H,18,19). The van der Waals surface area contributed by atoms with E-state index in [0.717, 1.165) is 0 Å². The Hall–Kier alpha value is -2.30. The maximum atomic E-state index is 12.2. The van der Waals surface area contributed by atoms with Crippen LogP contribution in [0, 0.1) is 5.92 Å². The van der Waals surface area contributed by atoms with Crippen LogP contribution in [0.2, 0.25) is 0 Å². The molecule has 0 saturated heterocycles. The highest BCUT2D eigenvalue weighted by atomic mass is 16.4. The molecular formula is C15H17NO4. The van der Waals surface area contributed by atoms with E-state index in [2.05, 4.69) is 5.32 Å². The Bertz CT molecular complexity index is 632. The topological polar surface area (TPSA) is 79.5 Å². The Kier molecular flexibility index (Phi) is 4.08. The Morgan fingerprint density at radius 2 is 2.05 bits per heavy atom. The average Bonchev–Trinajstić information content (AvgIpc) is 2.87. The number of carbonyl (C=O) groups is 2. The van der Waals surface area contributed by atoms with Crippen molar-refractivity contribution in [2.75, 3.05) is 0 Å². The van der Waals surface area contributed by atoms with E-state index in [1.165, 1.54) is 6.26 Å². The van der Waals surface area contributed by atoms with Gasteiger partial charge in [-0.3, -0.25) is 4.79 Å². The van der Waals surface area contributed by atoms with E-state index < -0.39 is 17.9 Å². The zero-order valence-corrected chi connectivity index (χ0v) is 11.4. The molecule has 106 valence electrons. The highest BCUT2D eigenvalue weighted by Crippen LogP contribution is 2.21. The quantitative estimate of drug-likeness (QED) is 0.879. The van der Waals surface area contributed by atoms with Crippen LogP contribution >= 0.6 is 0 Å². The van der Waals surface area contributed by atoms with Gasteiger partial charge >= 0.3 is 5.97 Å². The van der Waals surface area contributed by atoms with Crippen molar-refractivity contribution in [2.45, 2.75) is 26.3 Å². The predicted molar refractivity (Wildman–Crippen MR) is 74.6 cm³/mol. The number of aliphatic carboxylic acids is 1. The summed E-state index contributed by atoms with van der Waals surface area (Å²) in [6.45, 7) is 3.69. The van der Waals surface area contributed by atoms with Gasteiger partial charge in [0.15, 0.2) is 0 Å². The third-order valence-corrected chi connectivity index (χ3v) is 3.49. The van der Waals surface area contributed by atoms with E-state index in [0.29, 0.717) is 23.0 Å². The fraction of sp³-hybridized carbons (Fsp3) is 0.333. The van der Waals surface area contributed by atoms with E-state index >= 15 is 0 Å². The van der Waals surface area contributed by atoms with Crippen molar-refractivity contribution < 1.29 is 19.1 Å². The number of nitrogens with one attached hydrogen (secondary N) is 1. The Morgan fingerprint density at radius 1 is 1.35 bits per heavy atom. The molecule has 0 bridgehead atoms. The van der Waals surface area contributed by atoms with Gasteiger partial charge in [0, 0.05) is 5.39 Å². The van der Waals surface area contributed by atoms with Crippen molar-refractivity contribution in [3.63, 3.8) is 0 Å². The number of carbonyl (C=O) groups excluding carboxylic acids is 1. The van der Waals surface area contributed by atoms with Crippen LogP contribution in [0.1, 0.15) is 30.6 Å². The highest BCUT2D eigenvalue weighted by Gasteiger charge is 2.26. The number of benzene rings is 1. The zero-order valence-electron chi connectivity index (χ0n) is 11.4. The van der Waals surface area contributed by atoms with Gasteiger partial charge in [0.05, 0.1) is 5.56 Å². The molecule has 2 atom stereocenters. The third-order valence-electron chi connectivity index (χ3n) is 3.49. The number of carboxylic acids is 1. The van der Waals surface area contributed by atoms with Gasteiger partial charge in [-0.15, -0.1) is 0 Å². The molecule has 2 unspecified atom stereocenters. The summed E-state index contributed by atoms with van der Waals surface area (Å²) in [6, 6.07) is 6.24. The summed E-state index contributed by atoms with van der Waals surface area (Å²) in [5.41, 5.74) is 0.961. The van der Waals surface area contributed by atoms with Crippen LogP contribution in [-0.4, -0.2) is 23.0 Å². The first-order valence-corrected chi connectivity index (χ1v) is 6.54. The number of rotatable bonds is 5. The van der Waals surface area contributed by atoms with Crippen LogP contribution in [0.25, 0.3) is 11.0 Å². The van der Waals surface area contributed by atoms with E-state index in [1.807, 2.05) is 13.0 Å². The monoisotopic (exact) mass is 275 g/mol. The molecule has 0 aliphatic heterocycles. The van der Waals surface area contributed by atoms with Gasteiger partial charge in [-0.1, -0.05) is 38.5 Å². The SMILES string of the molecule is CCC(C)C(NC(=O)c1coc2ccccc12)C(=O)O. The molecule has 2 aromatic rings. The smallest absolute Gasteiger partial charge is 0.326 e. The first-order chi connectivity index (χ1) is 9.54. The van der Waals surface area contributed by atoms with Gasteiger partial charge < -0.3 is 14.8 Å². The van der Waals surface area contributed by atoms with Crippen molar-refractivity contribution in [1.29, 1.82) is 0 Å². The molecule has 5 nitrogen and oxygen atoms in total. The number of fused-ring (bicyclic) bond motifs is 1. The van der Waals surface area contributed by atoms with Crippen LogP contribution < -0.4 is 5.32 Å². The Morgan fingerprint density at radius 3 is 2.70 bits per heavy atom. The highest BCUT2D eigenvalue weighted by molar-refractivity contribution is 6.06. The summed E-state index contributed by atoms with van der Waals surface area (Å²) < 4.78 is 5.29. The van der Waals surface area contributed by atoms with Crippen LogP contribution in [0.15, 0.2) is 34.9 Å². The van der Waals surface area contributed by atoms with Crippen LogP contribution in [0.5, 0.6) is 0 Å². The minimum absolute atomic E-state index is 0.144. The zero-order chi connectivity index (χ0) is 14.7. The maximum Gasteiger partial charge on any atom is 0.326 e. The summed E-state index contributed by atoms with van der Waals surface area (Å²) in [5, 5.41) is 12.4. The first-order valence-electron chi connectivity index (χ1n) is 6.54. The predicted octanol–water partition coefficient (Wildman–Crippen LogP) is 2.66. The van der Waals surface area contributed by atoms with E-state index in [9.17, 15) is 14.7 Å². The molecule has 5 heteroatoms. The second-order valence-electron chi connectivity index (χ2n) is 4.82. The number of hydrogen-bond donors (Lipinski definition) is 2. The summed E-state index contributed by atoms with van der Waals surface area (Å²) in [7, 11) is 0. The lowest BCUT2D eigenvalue weighted by atomic mass is 9.99. The number of hydrogen-bond acceptors (Lipinski definition) is 3. The lowest BCUT2D eigenvalue weighted by molar-refractivity contribution is -0.140. The molecule has 1 aromatic carbocycles. The molecule has 2 rings (SSSR count). The van der Waals surface area contributed by atoms with Crippen molar-refractivity contribution in [1.82, 2.24) is 5.32 Å². The van der Waals surface area contributed by atoms with Gasteiger partial charge in [0.2, 0.25) is 0 Å². The molecule has 1 aromatic heterocycles. The fourth-order valence-electron chi connectivity index (χ4n) is 2.06. The molecule has 1 amide bonds. The van der Waals surface area contributed by atoms with Crippen molar-refractivity contribution in [3.8, 4) is 0 Å². The lowest BCUT2D eigenvalue weighted by Gasteiger charge is -2.19. The fourth-order valence-corrected chi connectivity index (χ4v) is 2.06. The number of furan rings is 1. The molecule has 20 heavy (non-hydrogen) atoms. The van der Waals surface area contributed by atoms with Crippen LogP contribution in [-0.2, 0) is 4.79 Å². The Balaban J connectivity index is 2.25. The average molecular weight is 275 g/mol. The number of amides is 1. The van der Waals surface area contributed by atoms with Gasteiger partial charge in [-0.05, 0) is 12.0 Å². The first kappa shape index (κ1) is 14.1. The molecule has 0 aliphatic carbocycles. The summed E-state index contributed by atoms with van der Waals surface area (Å²) >= 11 is 0. The van der Waals surface area contributed by atoms with Gasteiger partial charge in [-0.25, -0.2) is 4.79 Å². The second-order valence-corrected chi connectivity index (χ2v) is 4.82. The summed E-state index contributed by atoms with van der Waals surface area (Å²) in [4.78, 5) is 23.5. The van der Waals surface area contributed by atoms with Gasteiger partial charge in [0.1, 0.15) is 17.9 Å². The van der Waals surface area contributed by atoms with Crippen molar-refractivity contribution in [3.05, 3.63) is 36.1 Å². The van der Waals surface area contributed by atoms with Crippen LogP contribution in [0.4, 0.5) is 0 Å². The molecule has 0 saturated carbocycles. The number of carboxylic acid groups (broad SMARTS) is 1. The van der Waals surface area contributed by atoms with Crippen molar-refractivity contribution >= 4 is 22.8 Å². The Labute approximate surface area is 116 Å². The molecule has 0 aliphatic rings. The normalized spacial score (nSPS) is 13.9.